The van der Waals surface area contributed by atoms with E-state index in [1.165, 1.54) is 5.32 Å². The molecule has 0 aliphatic carbocycles. The largest absolute Gasteiger partial charge is 0.462 e. The van der Waals surface area contributed by atoms with Gasteiger partial charge in [0.25, 0.3) is 0 Å². The quantitative estimate of drug-likeness (QED) is 0.512. The highest BCUT2D eigenvalue weighted by Crippen LogP contribution is 2.38. The van der Waals surface area contributed by atoms with Crippen LogP contribution in [0.3, 0.4) is 0 Å². The number of carbonyl (C=O) groups excluding carboxylic acids is 2. The van der Waals surface area contributed by atoms with Crippen molar-refractivity contribution in [3.8, 4) is 0 Å². The van der Waals surface area contributed by atoms with Crippen molar-refractivity contribution in [2.24, 2.45) is 0 Å². The number of halogens is 7. The Morgan fingerprint density at radius 2 is 1.62 bits per heavy atom. The Labute approximate surface area is 129 Å². The van der Waals surface area contributed by atoms with Crippen LogP contribution in [0.25, 0.3) is 0 Å². The second-order valence-corrected chi connectivity index (χ2v) is 4.91. The number of hydrogen-bond donors (Lipinski definition) is 1. The van der Waals surface area contributed by atoms with Crippen LogP contribution >= 0.6 is 0 Å². The first-order chi connectivity index (χ1) is 11.0. The zero-order valence-corrected chi connectivity index (χ0v) is 11.6. The van der Waals surface area contributed by atoms with Crippen molar-refractivity contribution in [2.45, 2.75) is 31.5 Å². The standard InChI is InChI=1S/C13H8F7NO3/c14-8-7(13(18,19)20)9(15)11(17)12(10(8)16)21-5(22)3-4-1-2-6(23)24-4/h4H,1-3H2,(H,21,22). The normalized spacial score (nSPS) is 17.8. The lowest BCUT2D eigenvalue weighted by Crippen LogP contribution is -2.23. The van der Waals surface area contributed by atoms with Crippen molar-refractivity contribution in [2.75, 3.05) is 5.32 Å². The Kier molecular flexibility index (Phi) is 4.72. The molecule has 0 spiro atoms. The summed E-state index contributed by atoms with van der Waals surface area (Å²) in [7, 11) is 0. The number of esters is 1. The molecule has 1 unspecified atom stereocenters. The average Bonchev–Trinajstić information content (AvgIpc) is 2.85. The minimum atomic E-state index is -5.67. The van der Waals surface area contributed by atoms with Gasteiger partial charge in [-0.1, -0.05) is 0 Å². The molecule has 1 aromatic rings. The number of nitrogens with one attached hydrogen (secondary N) is 1. The number of hydrogen-bond acceptors (Lipinski definition) is 3. The van der Waals surface area contributed by atoms with Gasteiger partial charge in [0, 0.05) is 6.42 Å². The molecule has 0 bridgehead atoms. The topological polar surface area (TPSA) is 55.4 Å². The number of cyclic esters (lactones) is 1. The Morgan fingerprint density at radius 1 is 1.08 bits per heavy atom. The highest BCUT2D eigenvalue weighted by atomic mass is 19.4. The fourth-order valence-corrected chi connectivity index (χ4v) is 2.11. The van der Waals surface area contributed by atoms with Crippen molar-refractivity contribution >= 4 is 17.6 Å². The smallest absolute Gasteiger partial charge is 0.422 e. The molecule has 4 nitrogen and oxygen atoms in total. The van der Waals surface area contributed by atoms with Crippen LogP contribution in [0.1, 0.15) is 24.8 Å². The van der Waals surface area contributed by atoms with Gasteiger partial charge < -0.3 is 10.1 Å². The minimum absolute atomic E-state index is 0.0181. The fourth-order valence-electron chi connectivity index (χ4n) is 2.11. The molecule has 0 aromatic heterocycles. The van der Waals surface area contributed by atoms with E-state index in [9.17, 15) is 40.3 Å². The average molecular weight is 359 g/mol. The third kappa shape index (κ3) is 3.44. The van der Waals surface area contributed by atoms with Crippen LogP contribution in [0.5, 0.6) is 0 Å². The molecule has 1 aromatic carbocycles. The Hall–Kier alpha value is -2.33. The molecule has 1 aliphatic rings. The summed E-state index contributed by atoms with van der Waals surface area (Å²) in [6, 6.07) is 0. The van der Waals surface area contributed by atoms with Crippen LogP contribution < -0.4 is 5.32 Å². The van der Waals surface area contributed by atoms with Crippen LogP contribution in [0.15, 0.2) is 0 Å². The first-order valence-electron chi connectivity index (χ1n) is 6.44. The minimum Gasteiger partial charge on any atom is -0.462 e. The molecule has 1 atom stereocenters. The molecule has 1 amide bonds. The summed E-state index contributed by atoms with van der Waals surface area (Å²) in [6.45, 7) is 0. The molecular weight excluding hydrogens is 351 g/mol. The van der Waals surface area contributed by atoms with E-state index in [2.05, 4.69) is 4.74 Å². The van der Waals surface area contributed by atoms with Gasteiger partial charge in [-0.3, -0.25) is 9.59 Å². The molecule has 0 saturated carbocycles. The Bertz CT molecular complexity index is 673. The molecule has 1 fully saturated rings. The van der Waals surface area contributed by atoms with Crippen LogP contribution in [0, 0.1) is 23.3 Å². The molecule has 132 valence electrons. The lowest BCUT2D eigenvalue weighted by molar-refractivity contribution is -0.143. The summed E-state index contributed by atoms with van der Waals surface area (Å²) in [5.41, 5.74) is -4.42. The molecule has 0 radical (unpaired) electrons. The van der Waals surface area contributed by atoms with E-state index >= 15 is 0 Å². The predicted octanol–water partition coefficient (Wildman–Crippen LogP) is 3.30. The van der Waals surface area contributed by atoms with Crippen molar-refractivity contribution in [3.05, 3.63) is 28.8 Å². The maximum atomic E-state index is 13.6. The third-order valence-electron chi connectivity index (χ3n) is 3.19. The van der Waals surface area contributed by atoms with Gasteiger partial charge in [-0.2, -0.15) is 13.2 Å². The number of amides is 1. The zero-order chi connectivity index (χ0) is 18.2. The number of anilines is 1. The van der Waals surface area contributed by atoms with Gasteiger partial charge >= 0.3 is 12.1 Å². The summed E-state index contributed by atoms with van der Waals surface area (Å²) in [4.78, 5) is 22.4. The molecule has 2 rings (SSSR count). The number of alkyl halides is 3. The number of benzene rings is 1. The summed E-state index contributed by atoms with van der Waals surface area (Å²) in [5, 5.41) is 1.45. The second kappa shape index (κ2) is 6.29. The van der Waals surface area contributed by atoms with Gasteiger partial charge in [0.05, 0.1) is 6.42 Å². The van der Waals surface area contributed by atoms with Crippen LogP contribution in [-0.2, 0) is 20.5 Å². The van der Waals surface area contributed by atoms with Gasteiger partial charge in [0.2, 0.25) is 5.91 Å². The lowest BCUT2D eigenvalue weighted by Gasteiger charge is -2.15. The number of rotatable bonds is 3. The highest BCUT2D eigenvalue weighted by Gasteiger charge is 2.42. The van der Waals surface area contributed by atoms with Gasteiger partial charge in [0.15, 0.2) is 23.3 Å². The highest BCUT2D eigenvalue weighted by molar-refractivity contribution is 5.91. The molecule has 24 heavy (non-hydrogen) atoms. The summed E-state index contributed by atoms with van der Waals surface area (Å²) in [6.07, 6.45) is -6.98. The molecule has 1 aliphatic heterocycles. The van der Waals surface area contributed by atoms with Crippen LogP contribution in [-0.4, -0.2) is 18.0 Å². The van der Waals surface area contributed by atoms with Crippen LogP contribution in [0.2, 0.25) is 0 Å². The van der Waals surface area contributed by atoms with Crippen molar-refractivity contribution in [1.82, 2.24) is 0 Å². The summed E-state index contributed by atoms with van der Waals surface area (Å²) < 4.78 is 95.9. The van der Waals surface area contributed by atoms with Gasteiger partial charge in [0.1, 0.15) is 17.4 Å². The van der Waals surface area contributed by atoms with E-state index in [0.717, 1.165) is 0 Å². The van der Waals surface area contributed by atoms with E-state index < -0.39 is 65.1 Å². The zero-order valence-electron chi connectivity index (χ0n) is 11.6. The first-order valence-corrected chi connectivity index (χ1v) is 6.44. The number of carbonyl (C=O) groups is 2. The molecule has 11 heteroatoms. The maximum Gasteiger partial charge on any atom is 0.422 e. The molecule has 1 N–H and O–H groups in total. The Balaban J connectivity index is 2.28. The SMILES string of the molecule is O=C(CC1CCC(=O)O1)Nc1c(F)c(F)c(C(F)(F)F)c(F)c1F. The third-order valence-corrected chi connectivity index (χ3v) is 3.19. The second-order valence-electron chi connectivity index (χ2n) is 4.91. The van der Waals surface area contributed by atoms with Crippen molar-refractivity contribution in [3.63, 3.8) is 0 Å². The van der Waals surface area contributed by atoms with E-state index in [-0.39, 0.29) is 12.8 Å². The Morgan fingerprint density at radius 3 is 2.04 bits per heavy atom. The maximum absolute atomic E-state index is 13.6. The monoisotopic (exact) mass is 359 g/mol. The van der Waals surface area contributed by atoms with Gasteiger partial charge in [-0.25, -0.2) is 17.6 Å². The lowest BCUT2D eigenvalue weighted by atomic mass is 10.1. The fraction of sp³-hybridized carbons (Fsp3) is 0.385. The van der Waals surface area contributed by atoms with E-state index in [1.807, 2.05) is 0 Å². The van der Waals surface area contributed by atoms with Crippen molar-refractivity contribution < 1.29 is 45.1 Å². The molecule has 1 saturated heterocycles. The van der Waals surface area contributed by atoms with E-state index in [4.69, 9.17) is 0 Å². The molecule has 1 heterocycles. The van der Waals surface area contributed by atoms with Crippen LogP contribution in [0.4, 0.5) is 36.4 Å². The predicted molar refractivity (Wildman–Crippen MR) is 63.6 cm³/mol. The molecular formula is C13H8F7NO3. The summed E-state index contributed by atoms with van der Waals surface area (Å²) >= 11 is 0. The first kappa shape index (κ1) is 18.0. The van der Waals surface area contributed by atoms with Crippen molar-refractivity contribution in [1.29, 1.82) is 0 Å². The number of ether oxygens (including phenoxy) is 1. The summed E-state index contributed by atoms with van der Waals surface area (Å²) in [5.74, 6) is -11.9. The van der Waals surface area contributed by atoms with E-state index in [1.54, 1.807) is 0 Å². The van der Waals surface area contributed by atoms with E-state index in [0.29, 0.717) is 0 Å². The van der Waals surface area contributed by atoms with Gasteiger partial charge in [-0.15, -0.1) is 0 Å². The van der Waals surface area contributed by atoms with Gasteiger partial charge in [-0.05, 0) is 6.42 Å².